The molecule has 0 aromatic heterocycles. The normalized spacial score (nSPS) is 17.5. The fourth-order valence-electron chi connectivity index (χ4n) is 2.17. The molecular formula is C14H13F3N2. The van der Waals surface area contributed by atoms with Crippen molar-refractivity contribution in [2.75, 3.05) is 13.1 Å². The van der Waals surface area contributed by atoms with Gasteiger partial charge >= 0.3 is 6.18 Å². The van der Waals surface area contributed by atoms with Gasteiger partial charge in [-0.2, -0.15) is 18.4 Å². The molecule has 19 heavy (non-hydrogen) atoms. The van der Waals surface area contributed by atoms with Crippen molar-refractivity contribution in [3.63, 3.8) is 0 Å². The molecule has 2 rings (SSSR count). The van der Waals surface area contributed by atoms with Crippen LogP contribution in [0.15, 0.2) is 35.9 Å². The molecule has 1 aliphatic heterocycles. The van der Waals surface area contributed by atoms with Gasteiger partial charge in [0.15, 0.2) is 0 Å². The Kier molecular flexibility index (Phi) is 3.91. The van der Waals surface area contributed by atoms with E-state index in [1.807, 2.05) is 6.08 Å². The Morgan fingerprint density at radius 1 is 1.32 bits per heavy atom. The maximum absolute atomic E-state index is 12.7. The zero-order valence-corrected chi connectivity index (χ0v) is 10.2. The number of nitriles is 1. The van der Waals surface area contributed by atoms with Gasteiger partial charge in [0.25, 0.3) is 0 Å². The molecule has 0 saturated heterocycles. The first-order chi connectivity index (χ1) is 9.02. The minimum absolute atomic E-state index is 0.408. The topological polar surface area (TPSA) is 35.8 Å². The van der Waals surface area contributed by atoms with Crippen LogP contribution in [0.4, 0.5) is 13.2 Å². The molecule has 0 fully saturated rings. The molecule has 1 atom stereocenters. The number of hydrogen-bond acceptors (Lipinski definition) is 2. The van der Waals surface area contributed by atoms with E-state index < -0.39 is 17.7 Å². The van der Waals surface area contributed by atoms with Gasteiger partial charge in [-0.15, -0.1) is 0 Å². The third-order valence-corrected chi connectivity index (χ3v) is 3.15. The number of alkyl halides is 3. The van der Waals surface area contributed by atoms with E-state index in [1.54, 1.807) is 6.07 Å². The molecule has 0 saturated carbocycles. The Morgan fingerprint density at radius 3 is 2.68 bits per heavy atom. The van der Waals surface area contributed by atoms with Crippen molar-refractivity contribution < 1.29 is 13.2 Å². The smallest absolute Gasteiger partial charge is 0.313 e. The minimum atomic E-state index is -4.38. The zero-order chi connectivity index (χ0) is 13.9. The summed E-state index contributed by atoms with van der Waals surface area (Å²) in [5.41, 5.74) is 0.589. The summed E-state index contributed by atoms with van der Waals surface area (Å²) in [6, 6.07) is 7.12. The summed E-state index contributed by atoms with van der Waals surface area (Å²) in [6.07, 6.45) is -1.80. The summed E-state index contributed by atoms with van der Waals surface area (Å²) in [4.78, 5) is 0. The lowest BCUT2D eigenvalue weighted by Gasteiger charge is -2.19. The largest absolute Gasteiger partial charge is 0.416 e. The van der Waals surface area contributed by atoms with Crippen molar-refractivity contribution in [2.45, 2.75) is 18.5 Å². The van der Waals surface area contributed by atoms with Crippen molar-refractivity contribution in [2.24, 2.45) is 0 Å². The van der Waals surface area contributed by atoms with Gasteiger partial charge in [0, 0.05) is 6.54 Å². The van der Waals surface area contributed by atoms with Crippen LogP contribution in [0.3, 0.4) is 0 Å². The first-order valence-corrected chi connectivity index (χ1v) is 5.99. The van der Waals surface area contributed by atoms with Crippen molar-refractivity contribution in [1.29, 1.82) is 5.26 Å². The van der Waals surface area contributed by atoms with Gasteiger partial charge < -0.3 is 5.32 Å². The van der Waals surface area contributed by atoms with Gasteiger partial charge in [-0.25, -0.2) is 0 Å². The molecule has 0 amide bonds. The fraction of sp³-hybridized carbons (Fsp3) is 0.357. The molecule has 1 unspecified atom stereocenters. The number of halogens is 3. The van der Waals surface area contributed by atoms with Crippen LogP contribution >= 0.6 is 0 Å². The van der Waals surface area contributed by atoms with Crippen LogP contribution in [0.2, 0.25) is 0 Å². The molecule has 1 heterocycles. The van der Waals surface area contributed by atoms with E-state index in [0.29, 0.717) is 18.5 Å². The van der Waals surface area contributed by atoms with Crippen LogP contribution < -0.4 is 5.32 Å². The lowest BCUT2D eigenvalue weighted by atomic mass is 9.88. The van der Waals surface area contributed by atoms with E-state index in [4.69, 9.17) is 0 Å². The van der Waals surface area contributed by atoms with Crippen LogP contribution in [0.1, 0.15) is 23.5 Å². The SMILES string of the molecule is N#CC(C1=CCNCC1)c1cccc(C(F)(F)F)c1. The molecule has 100 valence electrons. The molecule has 5 heteroatoms. The van der Waals surface area contributed by atoms with Crippen LogP contribution in [0.25, 0.3) is 0 Å². The number of benzene rings is 1. The van der Waals surface area contributed by atoms with Crippen LogP contribution in [0.5, 0.6) is 0 Å². The molecule has 1 N–H and O–H groups in total. The fourth-order valence-corrected chi connectivity index (χ4v) is 2.17. The predicted molar refractivity (Wildman–Crippen MR) is 65.4 cm³/mol. The monoisotopic (exact) mass is 266 g/mol. The Morgan fingerprint density at radius 2 is 2.11 bits per heavy atom. The lowest BCUT2D eigenvalue weighted by Crippen LogP contribution is -2.22. The van der Waals surface area contributed by atoms with E-state index in [-0.39, 0.29) is 0 Å². The van der Waals surface area contributed by atoms with Gasteiger partial charge in [0.05, 0.1) is 17.6 Å². The molecular weight excluding hydrogens is 253 g/mol. The standard InChI is InChI=1S/C14H13F3N2/c15-14(16,17)12-3-1-2-11(8-12)13(9-18)10-4-6-19-7-5-10/h1-4,8,13,19H,5-7H2. The first-order valence-electron chi connectivity index (χ1n) is 5.99. The van der Waals surface area contributed by atoms with Crippen LogP contribution in [-0.4, -0.2) is 13.1 Å². The first kappa shape index (κ1) is 13.6. The Balaban J connectivity index is 2.34. The van der Waals surface area contributed by atoms with E-state index in [1.165, 1.54) is 6.07 Å². The highest BCUT2D eigenvalue weighted by Crippen LogP contribution is 2.33. The highest BCUT2D eigenvalue weighted by molar-refractivity contribution is 5.38. The second-order valence-electron chi connectivity index (χ2n) is 4.42. The minimum Gasteiger partial charge on any atom is -0.313 e. The highest BCUT2D eigenvalue weighted by atomic mass is 19.4. The predicted octanol–water partition coefficient (Wildman–Crippen LogP) is 3.23. The van der Waals surface area contributed by atoms with E-state index in [2.05, 4.69) is 11.4 Å². The molecule has 2 nitrogen and oxygen atoms in total. The quantitative estimate of drug-likeness (QED) is 0.834. The summed E-state index contributed by atoms with van der Waals surface area (Å²) in [5.74, 6) is -0.593. The molecule has 0 bridgehead atoms. The van der Waals surface area contributed by atoms with Gasteiger partial charge in [-0.05, 0) is 24.6 Å². The van der Waals surface area contributed by atoms with E-state index >= 15 is 0 Å². The second-order valence-corrected chi connectivity index (χ2v) is 4.42. The van der Waals surface area contributed by atoms with Crippen molar-refractivity contribution in [1.82, 2.24) is 5.32 Å². The van der Waals surface area contributed by atoms with Crippen molar-refractivity contribution in [3.05, 3.63) is 47.0 Å². The average molecular weight is 266 g/mol. The van der Waals surface area contributed by atoms with Gasteiger partial charge in [0.2, 0.25) is 0 Å². The van der Waals surface area contributed by atoms with Gasteiger partial charge in [-0.1, -0.05) is 29.8 Å². The third-order valence-electron chi connectivity index (χ3n) is 3.15. The molecule has 1 aromatic carbocycles. The number of rotatable bonds is 2. The van der Waals surface area contributed by atoms with Crippen molar-refractivity contribution >= 4 is 0 Å². The van der Waals surface area contributed by atoms with E-state index in [9.17, 15) is 18.4 Å². The number of nitrogens with zero attached hydrogens (tertiary/aromatic N) is 1. The van der Waals surface area contributed by atoms with Gasteiger partial charge in [0.1, 0.15) is 0 Å². The summed E-state index contributed by atoms with van der Waals surface area (Å²) in [6.45, 7) is 1.41. The molecule has 1 aromatic rings. The third kappa shape index (κ3) is 3.15. The number of nitrogens with one attached hydrogen (secondary N) is 1. The Labute approximate surface area is 109 Å². The lowest BCUT2D eigenvalue weighted by molar-refractivity contribution is -0.137. The highest BCUT2D eigenvalue weighted by Gasteiger charge is 2.31. The van der Waals surface area contributed by atoms with Gasteiger partial charge in [-0.3, -0.25) is 0 Å². The summed E-state index contributed by atoms with van der Waals surface area (Å²) in [7, 11) is 0. The number of hydrogen-bond donors (Lipinski definition) is 1. The van der Waals surface area contributed by atoms with Crippen LogP contribution in [-0.2, 0) is 6.18 Å². The summed E-state index contributed by atoms with van der Waals surface area (Å²) >= 11 is 0. The maximum Gasteiger partial charge on any atom is 0.416 e. The second kappa shape index (κ2) is 5.45. The summed E-state index contributed by atoms with van der Waals surface area (Å²) in [5, 5.41) is 12.3. The van der Waals surface area contributed by atoms with Crippen molar-refractivity contribution in [3.8, 4) is 6.07 Å². The molecule has 1 aliphatic rings. The molecule has 0 radical (unpaired) electrons. The summed E-state index contributed by atoms with van der Waals surface area (Å²) < 4.78 is 38.0. The average Bonchev–Trinajstić information content (AvgIpc) is 2.40. The molecule has 0 aliphatic carbocycles. The maximum atomic E-state index is 12.7. The Hall–Kier alpha value is -1.80. The molecule has 0 spiro atoms. The Bertz CT molecular complexity index is 526. The van der Waals surface area contributed by atoms with E-state index in [0.717, 1.165) is 24.3 Å². The zero-order valence-electron chi connectivity index (χ0n) is 10.2. The van der Waals surface area contributed by atoms with Crippen LogP contribution in [0, 0.1) is 11.3 Å².